The van der Waals surface area contributed by atoms with E-state index in [0.717, 1.165) is 24.2 Å². The summed E-state index contributed by atoms with van der Waals surface area (Å²) >= 11 is 0. The molecule has 90 valence electrons. The van der Waals surface area contributed by atoms with Crippen LogP contribution in [0.25, 0.3) is 0 Å². The molecule has 2 aromatic rings. The Balaban J connectivity index is 1.93. The highest BCUT2D eigenvalue weighted by molar-refractivity contribution is 5.37. The first-order valence-electron chi connectivity index (χ1n) is 6.04. The third kappa shape index (κ3) is 3.19. The predicted molar refractivity (Wildman–Crippen MR) is 72.9 cm³/mol. The van der Waals surface area contributed by atoms with Crippen LogP contribution in [0.1, 0.15) is 22.3 Å². The minimum absolute atomic E-state index is 0.720. The fourth-order valence-electron chi connectivity index (χ4n) is 1.83. The molecule has 0 bridgehead atoms. The summed E-state index contributed by atoms with van der Waals surface area (Å²) in [6.07, 6.45) is 0. The molecule has 0 aliphatic heterocycles. The summed E-state index contributed by atoms with van der Waals surface area (Å²) in [5, 5.41) is 12.3. The van der Waals surface area contributed by atoms with Crippen LogP contribution in [-0.2, 0) is 13.1 Å². The molecule has 0 unspecified atom stereocenters. The van der Waals surface area contributed by atoms with Gasteiger partial charge in [0.15, 0.2) is 0 Å². The second-order valence-electron chi connectivity index (χ2n) is 4.36. The van der Waals surface area contributed by atoms with Crippen molar-refractivity contribution in [1.82, 2.24) is 5.32 Å². The average molecular weight is 236 g/mol. The Hall–Kier alpha value is -2.11. The van der Waals surface area contributed by atoms with Gasteiger partial charge in [-0.2, -0.15) is 5.26 Å². The number of nitrogens with zero attached hydrogens (tertiary/aromatic N) is 1. The predicted octanol–water partition coefficient (Wildman–Crippen LogP) is 3.16. The van der Waals surface area contributed by atoms with Crippen molar-refractivity contribution >= 4 is 0 Å². The van der Waals surface area contributed by atoms with Crippen LogP contribution in [0, 0.1) is 18.3 Å². The lowest BCUT2D eigenvalue weighted by Crippen LogP contribution is -2.13. The lowest BCUT2D eigenvalue weighted by Gasteiger charge is -2.06. The van der Waals surface area contributed by atoms with Crippen molar-refractivity contribution in [2.24, 2.45) is 0 Å². The Bertz CT molecular complexity index is 550. The monoisotopic (exact) mass is 236 g/mol. The van der Waals surface area contributed by atoms with E-state index in [1.165, 1.54) is 11.1 Å². The first-order chi connectivity index (χ1) is 8.79. The molecular weight excluding hydrogens is 220 g/mol. The fourth-order valence-corrected chi connectivity index (χ4v) is 1.83. The van der Waals surface area contributed by atoms with Gasteiger partial charge in [0.25, 0.3) is 0 Å². The van der Waals surface area contributed by atoms with Crippen LogP contribution >= 0.6 is 0 Å². The van der Waals surface area contributed by atoms with E-state index in [2.05, 4.69) is 42.6 Å². The number of aryl methyl sites for hydroxylation is 1. The molecule has 2 heteroatoms. The maximum atomic E-state index is 8.99. The second-order valence-corrected chi connectivity index (χ2v) is 4.36. The quantitative estimate of drug-likeness (QED) is 0.885. The fraction of sp³-hybridized carbons (Fsp3) is 0.188. The van der Waals surface area contributed by atoms with Crippen LogP contribution in [0.5, 0.6) is 0 Å². The van der Waals surface area contributed by atoms with Gasteiger partial charge >= 0.3 is 0 Å². The molecule has 0 fully saturated rings. The smallest absolute Gasteiger partial charge is 0.0995 e. The van der Waals surface area contributed by atoms with Crippen LogP contribution < -0.4 is 5.32 Å². The lowest BCUT2D eigenvalue weighted by atomic mass is 10.1. The molecule has 0 radical (unpaired) electrons. The molecule has 2 aromatic carbocycles. The summed E-state index contributed by atoms with van der Waals surface area (Å²) < 4.78 is 0. The summed E-state index contributed by atoms with van der Waals surface area (Å²) in [5.41, 5.74) is 4.32. The van der Waals surface area contributed by atoms with E-state index in [4.69, 9.17) is 5.26 Å². The molecule has 0 saturated heterocycles. The topological polar surface area (TPSA) is 35.8 Å². The van der Waals surface area contributed by atoms with Crippen LogP contribution in [-0.4, -0.2) is 0 Å². The van der Waals surface area contributed by atoms with E-state index in [1.807, 2.05) is 24.3 Å². The lowest BCUT2D eigenvalue weighted by molar-refractivity contribution is 0.692. The average Bonchev–Trinajstić information content (AvgIpc) is 2.41. The molecule has 0 aliphatic carbocycles. The molecule has 0 aliphatic rings. The second kappa shape index (κ2) is 6.00. The van der Waals surface area contributed by atoms with E-state index in [0.29, 0.717) is 0 Å². The molecule has 0 atom stereocenters. The Morgan fingerprint density at radius 3 is 2.44 bits per heavy atom. The number of hydrogen-bond donors (Lipinski definition) is 1. The van der Waals surface area contributed by atoms with Crippen molar-refractivity contribution in [1.29, 1.82) is 5.26 Å². The van der Waals surface area contributed by atoms with Crippen molar-refractivity contribution < 1.29 is 0 Å². The number of benzene rings is 2. The zero-order valence-corrected chi connectivity index (χ0v) is 10.5. The number of nitrogens with one attached hydrogen (secondary N) is 1. The van der Waals surface area contributed by atoms with Gasteiger partial charge in [-0.25, -0.2) is 0 Å². The van der Waals surface area contributed by atoms with Crippen molar-refractivity contribution in [2.75, 3.05) is 0 Å². The zero-order chi connectivity index (χ0) is 12.8. The third-order valence-corrected chi connectivity index (χ3v) is 2.90. The molecule has 18 heavy (non-hydrogen) atoms. The van der Waals surface area contributed by atoms with Crippen molar-refractivity contribution in [3.63, 3.8) is 0 Å². The first kappa shape index (κ1) is 12.3. The van der Waals surface area contributed by atoms with Gasteiger partial charge in [-0.1, -0.05) is 48.0 Å². The van der Waals surface area contributed by atoms with Gasteiger partial charge in [0, 0.05) is 13.1 Å². The van der Waals surface area contributed by atoms with E-state index in [1.54, 1.807) is 0 Å². The van der Waals surface area contributed by atoms with Crippen molar-refractivity contribution in [3.8, 4) is 6.07 Å². The normalized spacial score (nSPS) is 10.0. The minimum Gasteiger partial charge on any atom is -0.309 e. The highest BCUT2D eigenvalue weighted by atomic mass is 14.8. The molecule has 0 spiro atoms. The number of hydrogen-bond acceptors (Lipinski definition) is 2. The molecule has 0 amide bonds. The Morgan fingerprint density at radius 1 is 1.00 bits per heavy atom. The van der Waals surface area contributed by atoms with Gasteiger partial charge in [0.1, 0.15) is 0 Å². The number of rotatable bonds is 4. The molecule has 2 nitrogen and oxygen atoms in total. The SMILES string of the molecule is Cc1ccc(CNCc2ccccc2C#N)cc1. The highest BCUT2D eigenvalue weighted by Gasteiger charge is 1.99. The van der Waals surface area contributed by atoms with Crippen LogP contribution in [0.4, 0.5) is 0 Å². The zero-order valence-electron chi connectivity index (χ0n) is 10.5. The minimum atomic E-state index is 0.720. The first-order valence-corrected chi connectivity index (χ1v) is 6.04. The molecule has 0 heterocycles. The third-order valence-electron chi connectivity index (χ3n) is 2.90. The molecular formula is C16H16N2. The Kier molecular flexibility index (Phi) is 4.11. The van der Waals surface area contributed by atoms with E-state index >= 15 is 0 Å². The van der Waals surface area contributed by atoms with Crippen LogP contribution in [0.15, 0.2) is 48.5 Å². The summed E-state index contributed by atoms with van der Waals surface area (Å²) in [6.45, 7) is 3.62. The largest absolute Gasteiger partial charge is 0.309 e. The summed E-state index contributed by atoms with van der Waals surface area (Å²) in [6, 6.07) is 18.4. The maximum Gasteiger partial charge on any atom is 0.0995 e. The standard InChI is InChI=1S/C16H16N2/c1-13-6-8-14(9-7-13)11-18-12-16-5-3-2-4-15(16)10-17/h2-9,18H,11-12H2,1H3. The molecule has 0 saturated carbocycles. The van der Waals surface area contributed by atoms with Crippen molar-refractivity contribution in [2.45, 2.75) is 20.0 Å². The highest BCUT2D eigenvalue weighted by Crippen LogP contribution is 2.08. The molecule has 0 aromatic heterocycles. The maximum absolute atomic E-state index is 8.99. The van der Waals surface area contributed by atoms with Crippen molar-refractivity contribution in [3.05, 3.63) is 70.8 Å². The van der Waals surface area contributed by atoms with E-state index in [-0.39, 0.29) is 0 Å². The van der Waals surface area contributed by atoms with Gasteiger partial charge in [-0.3, -0.25) is 0 Å². The van der Waals surface area contributed by atoms with Gasteiger partial charge in [0.05, 0.1) is 11.6 Å². The molecule has 2 rings (SSSR count). The summed E-state index contributed by atoms with van der Waals surface area (Å²) in [5.74, 6) is 0. The summed E-state index contributed by atoms with van der Waals surface area (Å²) in [7, 11) is 0. The number of nitriles is 1. The van der Waals surface area contributed by atoms with Gasteiger partial charge in [-0.15, -0.1) is 0 Å². The van der Waals surface area contributed by atoms with Gasteiger partial charge < -0.3 is 5.32 Å². The summed E-state index contributed by atoms with van der Waals surface area (Å²) in [4.78, 5) is 0. The van der Waals surface area contributed by atoms with Gasteiger partial charge in [-0.05, 0) is 24.1 Å². The van der Waals surface area contributed by atoms with Crippen LogP contribution in [0.2, 0.25) is 0 Å². The van der Waals surface area contributed by atoms with E-state index in [9.17, 15) is 0 Å². The van der Waals surface area contributed by atoms with Crippen LogP contribution in [0.3, 0.4) is 0 Å². The Labute approximate surface area is 108 Å². The molecule has 1 N–H and O–H groups in total. The Morgan fingerprint density at radius 2 is 1.72 bits per heavy atom. The van der Waals surface area contributed by atoms with E-state index < -0.39 is 0 Å². The van der Waals surface area contributed by atoms with Gasteiger partial charge in [0.2, 0.25) is 0 Å².